The van der Waals surface area contributed by atoms with Crippen LogP contribution in [0.4, 0.5) is 30.7 Å². The summed E-state index contributed by atoms with van der Waals surface area (Å²) < 4.78 is 129. The molecule has 2 aromatic carbocycles. The van der Waals surface area contributed by atoms with Gasteiger partial charge in [0.1, 0.15) is 4.75 Å². The van der Waals surface area contributed by atoms with Crippen molar-refractivity contribution in [2.45, 2.75) is 85.6 Å². The number of hydrogen-bond donors (Lipinski definition) is 0. The lowest BCUT2D eigenvalue weighted by Gasteiger charge is -2.44. The van der Waals surface area contributed by atoms with Crippen molar-refractivity contribution in [3.05, 3.63) is 64.2 Å². The van der Waals surface area contributed by atoms with Gasteiger partial charge in [-0.2, -0.15) is 26.3 Å². The molecule has 0 spiro atoms. The first-order valence-corrected chi connectivity index (χ1v) is 16.6. The van der Waals surface area contributed by atoms with E-state index in [2.05, 4.69) is 0 Å². The molecule has 5 rings (SSSR count). The van der Waals surface area contributed by atoms with Gasteiger partial charge in [0.05, 0.1) is 17.5 Å². The number of nitrogens with zero attached hydrogens (tertiary/aromatic N) is 1. The van der Waals surface area contributed by atoms with Gasteiger partial charge in [0, 0.05) is 30.0 Å². The fraction of sp³-hybridized carbons (Fsp3) is 0.548. The number of ether oxygens (including phenoxy) is 1. The summed E-state index contributed by atoms with van der Waals surface area (Å²) in [6.45, 7) is 1.51. The Balaban J connectivity index is 1.56. The Hall–Kier alpha value is -2.87. The zero-order valence-electron chi connectivity index (χ0n) is 24.6. The number of amides is 1. The van der Waals surface area contributed by atoms with Crippen LogP contribution in [0.25, 0.3) is 0 Å². The van der Waals surface area contributed by atoms with Gasteiger partial charge in [-0.15, -0.1) is 0 Å². The molecule has 2 aromatic rings. The highest BCUT2D eigenvalue weighted by Gasteiger charge is 2.74. The Morgan fingerprint density at radius 1 is 0.935 bits per heavy atom. The van der Waals surface area contributed by atoms with Gasteiger partial charge in [0.15, 0.2) is 9.84 Å². The van der Waals surface area contributed by atoms with Crippen molar-refractivity contribution in [1.82, 2.24) is 4.90 Å². The zero-order valence-corrected chi connectivity index (χ0v) is 26.1. The average Bonchev–Trinajstić information content (AvgIpc) is 3.40. The fourth-order valence-electron chi connectivity index (χ4n) is 7.36. The summed E-state index contributed by atoms with van der Waals surface area (Å²) in [6, 6.07) is 5.83. The van der Waals surface area contributed by atoms with Crippen molar-refractivity contribution in [1.29, 1.82) is 0 Å². The molecular formula is C31H31ClF7NO5S. The standard InChI is InChI=1S/C31H31ClF7NO5S/c1-18(41)45-17-19-2-4-20(5-3-19)27(42)40-15-14-28(46(43,44)24-10-8-23(32)9-11-24)25-12-7-22(16-21(25)6-13-26(28)40)29(33,30(34,35)36)31(37,38)39/h7-12,16,19-20,26H,2-6,13-15,17H2,1H3. The van der Waals surface area contributed by atoms with Crippen molar-refractivity contribution in [2.24, 2.45) is 11.8 Å². The molecule has 0 bridgehead atoms. The minimum atomic E-state index is -6.34. The van der Waals surface area contributed by atoms with E-state index in [9.17, 15) is 44.3 Å². The number of aryl methyl sites for hydroxylation is 1. The van der Waals surface area contributed by atoms with E-state index in [1.54, 1.807) is 0 Å². The molecule has 2 aliphatic carbocycles. The summed E-state index contributed by atoms with van der Waals surface area (Å²) in [4.78, 5) is 26.4. The monoisotopic (exact) mass is 697 g/mol. The van der Waals surface area contributed by atoms with Gasteiger partial charge in [-0.05, 0) is 86.3 Å². The highest BCUT2D eigenvalue weighted by atomic mass is 35.5. The summed E-state index contributed by atoms with van der Waals surface area (Å²) in [5, 5.41) is 0.229. The zero-order chi connectivity index (χ0) is 33.9. The van der Waals surface area contributed by atoms with Crippen molar-refractivity contribution in [3.8, 4) is 0 Å². The van der Waals surface area contributed by atoms with Crippen LogP contribution in [0.3, 0.4) is 0 Å². The summed E-state index contributed by atoms with van der Waals surface area (Å²) >= 11 is 5.98. The van der Waals surface area contributed by atoms with Gasteiger partial charge in [-0.3, -0.25) is 9.59 Å². The Morgan fingerprint density at radius 2 is 1.54 bits per heavy atom. The second-order valence-electron chi connectivity index (χ2n) is 12.2. The van der Waals surface area contributed by atoms with Gasteiger partial charge in [-0.1, -0.05) is 29.8 Å². The maximum Gasteiger partial charge on any atom is 0.435 e. The van der Waals surface area contributed by atoms with Crippen LogP contribution in [0.15, 0.2) is 47.4 Å². The number of alkyl halides is 7. The number of sulfone groups is 1. The molecule has 0 radical (unpaired) electrons. The highest BCUT2D eigenvalue weighted by Crippen LogP contribution is 2.57. The van der Waals surface area contributed by atoms with E-state index < -0.39 is 56.1 Å². The normalized spacial score (nSPS) is 25.5. The Morgan fingerprint density at radius 3 is 2.11 bits per heavy atom. The van der Waals surface area contributed by atoms with Crippen molar-refractivity contribution in [3.63, 3.8) is 0 Å². The van der Waals surface area contributed by atoms with Crippen LogP contribution < -0.4 is 0 Å². The van der Waals surface area contributed by atoms with Gasteiger partial charge < -0.3 is 9.64 Å². The van der Waals surface area contributed by atoms with E-state index in [0.717, 1.165) is 6.07 Å². The van der Waals surface area contributed by atoms with Crippen LogP contribution in [0.1, 0.15) is 62.1 Å². The Labute approximate surface area is 266 Å². The smallest absolute Gasteiger partial charge is 0.435 e. The molecule has 2 atom stereocenters. The van der Waals surface area contributed by atoms with E-state index in [4.69, 9.17) is 16.3 Å². The van der Waals surface area contributed by atoms with E-state index >= 15 is 4.39 Å². The molecule has 1 amide bonds. The summed E-state index contributed by atoms with van der Waals surface area (Å²) in [5.41, 5.74) is -7.60. The second-order valence-corrected chi connectivity index (χ2v) is 14.9. The minimum absolute atomic E-state index is 0.0248. The third-order valence-electron chi connectivity index (χ3n) is 9.67. The molecule has 2 unspecified atom stereocenters. The van der Waals surface area contributed by atoms with Crippen molar-refractivity contribution in [2.75, 3.05) is 13.2 Å². The van der Waals surface area contributed by atoms with Crippen LogP contribution in [-0.4, -0.2) is 56.7 Å². The molecule has 15 heteroatoms. The molecule has 1 aliphatic heterocycles. The number of carbonyl (C=O) groups excluding carboxylic acids is 2. The topological polar surface area (TPSA) is 80.8 Å². The van der Waals surface area contributed by atoms with Crippen LogP contribution in [0.5, 0.6) is 0 Å². The summed E-state index contributed by atoms with van der Waals surface area (Å²) in [5.74, 6) is -1.08. The first-order chi connectivity index (χ1) is 21.3. The molecule has 0 N–H and O–H groups in total. The van der Waals surface area contributed by atoms with Crippen LogP contribution >= 0.6 is 11.6 Å². The molecule has 252 valence electrons. The van der Waals surface area contributed by atoms with Crippen LogP contribution in [0.2, 0.25) is 5.02 Å². The van der Waals surface area contributed by atoms with Crippen LogP contribution in [-0.2, 0) is 41.0 Å². The number of likely N-dealkylation sites (tertiary alicyclic amines) is 1. The van der Waals surface area contributed by atoms with E-state index in [1.165, 1.54) is 36.1 Å². The molecule has 1 saturated heterocycles. The average molecular weight is 698 g/mol. The number of hydrogen-bond acceptors (Lipinski definition) is 5. The quantitative estimate of drug-likeness (QED) is 0.235. The summed E-state index contributed by atoms with van der Waals surface area (Å²) in [7, 11) is -4.46. The predicted molar refractivity (Wildman–Crippen MR) is 152 cm³/mol. The SMILES string of the molecule is CC(=O)OCC1CCC(C(=O)N2CCC3(S(=O)(=O)c4ccc(Cl)cc4)c4ccc(C(F)(C(F)(F)F)C(F)(F)F)cc4CCC23)CC1. The first-order valence-electron chi connectivity index (χ1n) is 14.7. The Kier molecular flexibility index (Phi) is 8.98. The van der Waals surface area contributed by atoms with E-state index in [1.807, 2.05) is 0 Å². The first kappa shape index (κ1) is 34.5. The number of rotatable bonds is 6. The number of carbonyl (C=O) groups is 2. The van der Waals surface area contributed by atoms with Gasteiger partial charge >= 0.3 is 24.0 Å². The molecule has 6 nitrogen and oxygen atoms in total. The molecule has 3 aliphatic rings. The van der Waals surface area contributed by atoms with Gasteiger partial charge in [0.25, 0.3) is 0 Å². The lowest BCUT2D eigenvalue weighted by Crippen LogP contribution is -2.53. The van der Waals surface area contributed by atoms with E-state index in [0.29, 0.717) is 37.8 Å². The maximum atomic E-state index is 15.0. The number of benzene rings is 2. The molecule has 1 heterocycles. The minimum Gasteiger partial charge on any atom is -0.466 e. The maximum absolute atomic E-state index is 15.0. The number of fused-ring (bicyclic) bond motifs is 3. The lowest BCUT2D eigenvalue weighted by atomic mass is 9.76. The number of halogens is 8. The molecule has 2 fully saturated rings. The van der Waals surface area contributed by atoms with E-state index in [-0.39, 0.29) is 65.3 Å². The third-order valence-corrected chi connectivity index (χ3v) is 12.5. The largest absolute Gasteiger partial charge is 0.466 e. The molecule has 46 heavy (non-hydrogen) atoms. The Bertz CT molecular complexity index is 1590. The van der Waals surface area contributed by atoms with Gasteiger partial charge in [0.2, 0.25) is 5.91 Å². The molecule has 1 saturated carbocycles. The second kappa shape index (κ2) is 12.0. The molecular weight excluding hydrogens is 667 g/mol. The third kappa shape index (κ3) is 5.56. The fourth-order valence-corrected chi connectivity index (χ4v) is 9.86. The molecule has 0 aromatic heterocycles. The summed E-state index contributed by atoms with van der Waals surface area (Å²) in [6.07, 6.45) is -11.0. The highest BCUT2D eigenvalue weighted by molar-refractivity contribution is 7.92. The number of esters is 1. The van der Waals surface area contributed by atoms with Gasteiger partial charge in [-0.25, -0.2) is 12.8 Å². The predicted octanol–water partition coefficient (Wildman–Crippen LogP) is 7.22. The van der Waals surface area contributed by atoms with Crippen molar-refractivity contribution >= 4 is 33.3 Å². The van der Waals surface area contributed by atoms with Crippen LogP contribution in [0, 0.1) is 11.8 Å². The van der Waals surface area contributed by atoms with Crippen molar-refractivity contribution < 1.29 is 53.5 Å². The lowest BCUT2D eigenvalue weighted by molar-refractivity contribution is -0.348.